The lowest BCUT2D eigenvalue weighted by molar-refractivity contribution is 0.0740. The molecule has 276 valence electrons. The largest absolute Gasteiger partial charge is 0.351 e. The molecule has 5 heterocycles. The number of rotatable bonds is 12. The molecule has 0 spiro atoms. The predicted molar refractivity (Wildman–Crippen MR) is 207 cm³/mol. The Kier molecular flexibility index (Phi) is 11.1. The van der Waals surface area contributed by atoms with Crippen molar-refractivity contribution in [2.75, 3.05) is 13.1 Å². The number of fused-ring (bicyclic) bond motifs is 1. The maximum absolute atomic E-state index is 13.4. The summed E-state index contributed by atoms with van der Waals surface area (Å²) in [6.07, 6.45) is 10.3. The summed E-state index contributed by atoms with van der Waals surface area (Å²) in [5.41, 5.74) is 9.60. The number of hydrogen-bond acceptors (Lipinski definition) is 7. The number of piperidine rings is 1. The number of nitrogens with one attached hydrogen (secondary N) is 3. The number of likely N-dealkylation sites (tertiary alicyclic amines) is 1. The monoisotopic (exact) mass is 724 g/mol. The summed E-state index contributed by atoms with van der Waals surface area (Å²) >= 11 is 0. The number of halogens is 1. The lowest BCUT2D eigenvalue weighted by Crippen LogP contribution is -2.38. The van der Waals surface area contributed by atoms with Crippen molar-refractivity contribution in [3.05, 3.63) is 142 Å². The standard InChI is InChI=1S/C43H45FN8O2/c1-27-9-7-20-45-38(27)36-11-6-12-37(39-28(2)10-8-21-46-39)52(36)22-5-4-19-47-43(54)35-24-34-40(49-26-50-41(34)51-35)31-13-14-32(29(3)23-31)25-48-42(53)30-15-17-33(44)18-16-30/h7-10,13-18,20-21,23-24,26,36-37H,4-6,11-12,19,22,25H2,1-3H3,(H,47,54)(H,48,53)(H,49,50,51)/t36-,37+. The first kappa shape index (κ1) is 36.5. The van der Waals surface area contributed by atoms with Gasteiger partial charge in [-0.3, -0.25) is 24.5 Å². The van der Waals surface area contributed by atoms with Gasteiger partial charge in [0, 0.05) is 42.0 Å². The van der Waals surface area contributed by atoms with Gasteiger partial charge in [0.25, 0.3) is 11.8 Å². The molecule has 3 N–H and O–H groups in total. The molecule has 6 aromatic rings. The van der Waals surface area contributed by atoms with Gasteiger partial charge in [-0.25, -0.2) is 14.4 Å². The number of H-pyrrole nitrogens is 1. The molecule has 7 rings (SSSR count). The molecule has 11 heteroatoms. The fourth-order valence-electron chi connectivity index (χ4n) is 7.58. The van der Waals surface area contributed by atoms with Crippen LogP contribution in [0.1, 0.15) is 98.7 Å². The van der Waals surface area contributed by atoms with Crippen LogP contribution in [-0.2, 0) is 6.54 Å². The van der Waals surface area contributed by atoms with Crippen molar-refractivity contribution < 1.29 is 14.0 Å². The molecule has 0 radical (unpaired) electrons. The van der Waals surface area contributed by atoms with Gasteiger partial charge in [-0.15, -0.1) is 0 Å². The molecule has 4 aromatic heterocycles. The van der Waals surface area contributed by atoms with Gasteiger partial charge in [0.15, 0.2) is 0 Å². The van der Waals surface area contributed by atoms with Gasteiger partial charge in [-0.2, -0.15) is 0 Å². The first-order valence-corrected chi connectivity index (χ1v) is 18.6. The number of unbranched alkanes of at least 4 members (excludes halogenated alkanes) is 1. The summed E-state index contributed by atoms with van der Waals surface area (Å²) in [7, 11) is 0. The average Bonchev–Trinajstić information content (AvgIpc) is 3.63. The van der Waals surface area contributed by atoms with E-state index in [1.165, 1.54) is 41.7 Å². The van der Waals surface area contributed by atoms with Crippen molar-refractivity contribution in [3.63, 3.8) is 0 Å². The minimum absolute atomic E-state index is 0.190. The lowest BCUT2D eigenvalue weighted by atomic mass is 9.88. The minimum atomic E-state index is -0.387. The molecule has 0 aliphatic carbocycles. The maximum Gasteiger partial charge on any atom is 0.267 e. The van der Waals surface area contributed by atoms with Crippen LogP contribution in [0.25, 0.3) is 22.3 Å². The molecule has 1 aliphatic heterocycles. The van der Waals surface area contributed by atoms with E-state index in [9.17, 15) is 14.0 Å². The van der Waals surface area contributed by atoms with Crippen LogP contribution in [-0.4, -0.2) is 54.7 Å². The second-order valence-electron chi connectivity index (χ2n) is 14.1. The molecular weight excluding hydrogens is 680 g/mol. The van der Waals surface area contributed by atoms with Gasteiger partial charge in [-0.1, -0.05) is 24.3 Å². The van der Waals surface area contributed by atoms with E-state index in [0.717, 1.165) is 72.1 Å². The first-order chi connectivity index (χ1) is 26.3. The van der Waals surface area contributed by atoms with Gasteiger partial charge in [0.2, 0.25) is 0 Å². The molecule has 10 nitrogen and oxygen atoms in total. The number of aromatic nitrogens is 5. The van der Waals surface area contributed by atoms with E-state index in [1.54, 1.807) is 6.07 Å². The van der Waals surface area contributed by atoms with E-state index in [-0.39, 0.29) is 29.7 Å². The topological polar surface area (TPSA) is 129 Å². The number of benzene rings is 2. The van der Waals surface area contributed by atoms with E-state index in [0.29, 0.717) is 35.7 Å². The van der Waals surface area contributed by atoms with Gasteiger partial charge < -0.3 is 15.6 Å². The second-order valence-corrected chi connectivity index (χ2v) is 14.1. The van der Waals surface area contributed by atoms with E-state index >= 15 is 0 Å². The summed E-state index contributed by atoms with van der Waals surface area (Å²) in [5.74, 6) is -0.850. The summed E-state index contributed by atoms with van der Waals surface area (Å²) in [5, 5.41) is 6.75. The van der Waals surface area contributed by atoms with Crippen LogP contribution in [0.15, 0.2) is 91.5 Å². The van der Waals surface area contributed by atoms with Gasteiger partial charge in [0.1, 0.15) is 23.5 Å². The van der Waals surface area contributed by atoms with E-state index < -0.39 is 0 Å². The highest BCUT2D eigenvalue weighted by Crippen LogP contribution is 2.42. The molecule has 1 fully saturated rings. The zero-order valence-electron chi connectivity index (χ0n) is 30.9. The highest BCUT2D eigenvalue weighted by Gasteiger charge is 2.35. The molecule has 0 unspecified atom stereocenters. The summed E-state index contributed by atoms with van der Waals surface area (Å²) in [6, 6.07) is 21.9. The van der Waals surface area contributed by atoms with Crippen LogP contribution >= 0.6 is 0 Å². The van der Waals surface area contributed by atoms with Crippen molar-refractivity contribution in [1.82, 2.24) is 40.5 Å². The molecule has 2 amide bonds. The van der Waals surface area contributed by atoms with E-state index in [4.69, 9.17) is 9.97 Å². The number of carbonyl (C=O) groups is 2. The Balaban J connectivity index is 0.980. The molecule has 2 aromatic carbocycles. The van der Waals surface area contributed by atoms with Crippen molar-refractivity contribution in [1.29, 1.82) is 0 Å². The summed E-state index contributed by atoms with van der Waals surface area (Å²) < 4.78 is 13.3. The molecule has 54 heavy (non-hydrogen) atoms. The summed E-state index contributed by atoms with van der Waals surface area (Å²) in [4.78, 5) is 50.3. The van der Waals surface area contributed by atoms with Gasteiger partial charge in [0.05, 0.1) is 29.2 Å². The van der Waals surface area contributed by atoms with Crippen LogP contribution in [0.3, 0.4) is 0 Å². The van der Waals surface area contributed by atoms with Crippen LogP contribution in [0, 0.1) is 26.6 Å². The quantitative estimate of drug-likeness (QED) is 0.110. The summed E-state index contributed by atoms with van der Waals surface area (Å²) in [6.45, 7) is 8.00. The van der Waals surface area contributed by atoms with E-state index in [1.807, 2.05) is 49.6 Å². The zero-order valence-corrected chi connectivity index (χ0v) is 30.9. The molecular formula is C43H45FN8O2. The van der Waals surface area contributed by atoms with Crippen molar-refractivity contribution in [2.24, 2.45) is 0 Å². The third-order valence-corrected chi connectivity index (χ3v) is 10.4. The molecule has 2 atom stereocenters. The fraction of sp³-hybridized carbons (Fsp3) is 0.302. The normalized spacial score (nSPS) is 16.0. The number of aryl methyl sites for hydroxylation is 3. The fourth-order valence-corrected chi connectivity index (χ4v) is 7.58. The number of carbonyl (C=O) groups excluding carboxylic acids is 2. The highest BCUT2D eigenvalue weighted by molar-refractivity contribution is 6.00. The molecule has 1 aliphatic rings. The lowest BCUT2D eigenvalue weighted by Gasteiger charge is -2.42. The molecule has 1 saturated heterocycles. The zero-order chi connectivity index (χ0) is 37.6. The third kappa shape index (κ3) is 8.06. The second kappa shape index (κ2) is 16.5. The van der Waals surface area contributed by atoms with Crippen molar-refractivity contribution >= 4 is 22.8 Å². The Bertz CT molecular complexity index is 2220. The number of amides is 2. The van der Waals surface area contributed by atoms with Crippen molar-refractivity contribution in [3.8, 4) is 11.3 Å². The Labute approximate surface area is 314 Å². The van der Waals surface area contributed by atoms with Crippen LogP contribution in [0.2, 0.25) is 0 Å². The number of pyridine rings is 2. The third-order valence-electron chi connectivity index (χ3n) is 10.4. The number of hydrogen-bond donors (Lipinski definition) is 3. The number of nitrogens with zero attached hydrogens (tertiary/aromatic N) is 5. The van der Waals surface area contributed by atoms with Crippen molar-refractivity contribution in [2.45, 2.75) is 71.5 Å². The van der Waals surface area contributed by atoms with Crippen LogP contribution in [0.5, 0.6) is 0 Å². The highest BCUT2D eigenvalue weighted by atomic mass is 19.1. The Morgan fingerprint density at radius 1 is 0.796 bits per heavy atom. The van der Waals surface area contributed by atoms with E-state index in [2.05, 4.69) is 56.5 Å². The van der Waals surface area contributed by atoms with Gasteiger partial charge >= 0.3 is 0 Å². The average molecular weight is 725 g/mol. The van der Waals surface area contributed by atoms with Crippen LogP contribution < -0.4 is 10.6 Å². The smallest absolute Gasteiger partial charge is 0.267 e. The minimum Gasteiger partial charge on any atom is -0.351 e. The van der Waals surface area contributed by atoms with Crippen LogP contribution in [0.4, 0.5) is 4.39 Å². The molecule has 0 saturated carbocycles. The molecule has 0 bridgehead atoms. The Morgan fingerprint density at radius 2 is 1.50 bits per heavy atom. The predicted octanol–water partition coefficient (Wildman–Crippen LogP) is 7.89. The Morgan fingerprint density at radius 3 is 2.17 bits per heavy atom. The Hall–Kier alpha value is -5.81. The SMILES string of the molecule is Cc1cc(-c2ncnc3[nH]c(C(=O)NCCCCN4[C@@H](c5ncccc5C)CCC[C@H]4c4ncccc4C)cc23)ccc1CNC(=O)c1ccc(F)cc1. The van der Waals surface area contributed by atoms with Gasteiger partial charge in [-0.05, 0) is 130 Å². The first-order valence-electron chi connectivity index (χ1n) is 18.6. The number of aromatic amines is 1. The maximum atomic E-state index is 13.4.